The van der Waals surface area contributed by atoms with Gasteiger partial charge in [-0.3, -0.25) is 9.69 Å². The average Bonchev–Trinajstić information content (AvgIpc) is 2.55. The lowest BCUT2D eigenvalue weighted by atomic mass is 10.0. The summed E-state index contributed by atoms with van der Waals surface area (Å²) in [7, 11) is 0. The Kier molecular flexibility index (Phi) is 6.51. The molecular formula is C19H25FN2O3. The van der Waals surface area contributed by atoms with Gasteiger partial charge in [0.1, 0.15) is 17.5 Å². The third kappa shape index (κ3) is 5.80. The molecule has 1 saturated heterocycles. The van der Waals surface area contributed by atoms with E-state index in [4.69, 9.17) is 14.7 Å². The van der Waals surface area contributed by atoms with Crippen LogP contribution in [0.2, 0.25) is 0 Å². The molecule has 1 heterocycles. The predicted octanol–water partition coefficient (Wildman–Crippen LogP) is 3.02. The van der Waals surface area contributed by atoms with Gasteiger partial charge in [-0.15, -0.1) is 0 Å². The largest absolute Gasteiger partial charge is 0.459 e. The summed E-state index contributed by atoms with van der Waals surface area (Å²) in [5.74, 6) is -0.859. The van der Waals surface area contributed by atoms with Crippen molar-refractivity contribution < 1.29 is 18.7 Å². The molecule has 0 radical (unpaired) electrons. The van der Waals surface area contributed by atoms with Crippen LogP contribution in [0.3, 0.4) is 0 Å². The van der Waals surface area contributed by atoms with Gasteiger partial charge in [-0.05, 0) is 39.7 Å². The number of benzene rings is 1. The van der Waals surface area contributed by atoms with E-state index >= 15 is 0 Å². The standard InChI is InChI=1S/C19H25FN2O3/c1-19(2,3)25-17(23)13-22(16-7-9-24-10-8-16)12-15-6-4-5-14(11-21)18(15)20/h4-6,16H,7-10,12-13H2,1-3H3. The van der Waals surface area contributed by atoms with Crippen LogP contribution >= 0.6 is 0 Å². The average molecular weight is 348 g/mol. The van der Waals surface area contributed by atoms with E-state index in [1.54, 1.807) is 12.1 Å². The number of esters is 1. The van der Waals surface area contributed by atoms with Gasteiger partial charge < -0.3 is 9.47 Å². The summed E-state index contributed by atoms with van der Waals surface area (Å²) in [6.45, 7) is 7.04. The molecule has 1 aliphatic rings. The van der Waals surface area contributed by atoms with Crippen LogP contribution in [0, 0.1) is 17.1 Å². The van der Waals surface area contributed by atoms with Gasteiger partial charge in [0.15, 0.2) is 0 Å². The third-order valence-electron chi connectivity index (χ3n) is 4.03. The Labute approximate surface area is 148 Å². The van der Waals surface area contributed by atoms with Crippen LogP contribution in [0.5, 0.6) is 0 Å². The molecule has 0 spiro atoms. The number of nitrogens with zero attached hydrogens (tertiary/aromatic N) is 2. The van der Waals surface area contributed by atoms with Crippen molar-refractivity contribution in [2.45, 2.75) is 51.8 Å². The molecule has 136 valence electrons. The smallest absolute Gasteiger partial charge is 0.320 e. The summed E-state index contributed by atoms with van der Waals surface area (Å²) in [5.41, 5.74) is -0.138. The molecule has 0 aliphatic carbocycles. The lowest BCUT2D eigenvalue weighted by molar-refractivity contribution is -0.157. The number of nitriles is 1. The Morgan fingerprint density at radius 1 is 1.40 bits per heavy atom. The molecule has 1 fully saturated rings. The molecule has 0 atom stereocenters. The highest BCUT2D eigenvalue weighted by Crippen LogP contribution is 2.21. The van der Waals surface area contributed by atoms with Crippen molar-refractivity contribution in [3.05, 3.63) is 35.1 Å². The van der Waals surface area contributed by atoms with E-state index in [1.165, 1.54) is 6.07 Å². The van der Waals surface area contributed by atoms with E-state index in [-0.39, 0.29) is 30.7 Å². The van der Waals surface area contributed by atoms with Gasteiger partial charge >= 0.3 is 5.97 Å². The van der Waals surface area contributed by atoms with Gasteiger partial charge in [-0.1, -0.05) is 12.1 Å². The number of halogens is 1. The fourth-order valence-corrected chi connectivity index (χ4v) is 2.91. The molecule has 6 heteroatoms. The van der Waals surface area contributed by atoms with Gasteiger partial charge in [0, 0.05) is 31.4 Å². The second-order valence-electron chi connectivity index (χ2n) is 7.23. The summed E-state index contributed by atoms with van der Waals surface area (Å²) < 4.78 is 25.2. The quantitative estimate of drug-likeness (QED) is 0.766. The summed E-state index contributed by atoms with van der Waals surface area (Å²) in [6, 6.07) is 6.73. The first-order valence-electron chi connectivity index (χ1n) is 8.51. The molecule has 5 nitrogen and oxygen atoms in total. The van der Waals surface area contributed by atoms with Crippen LogP contribution < -0.4 is 0 Å². The number of carbonyl (C=O) groups excluding carboxylic acids is 1. The number of hydrogen-bond donors (Lipinski definition) is 0. The zero-order valence-corrected chi connectivity index (χ0v) is 15.0. The number of ether oxygens (including phenoxy) is 2. The van der Waals surface area contributed by atoms with E-state index in [1.807, 2.05) is 31.7 Å². The van der Waals surface area contributed by atoms with Crippen LogP contribution in [0.4, 0.5) is 4.39 Å². The minimum absolute atomic E-state index is 0.0155. The number of hydrogen-bond acceptors (Lipinski definition) is 5. The number of rotatable bonds is 5. The monoisotopic (exact) mass is 348 g/mol. The summed E-state index contributed by atoms with van der Waals surface area (Å²) in [4.78, 5) is 14.2. The molecule has 0 saturated carbocycles. The Hall–Kier alpha value is -1.97. The van der Waals surface area contributed by atoms with Crippen molar-refractivity contribution in [3.8, 4) is 6.07 Å². The highest BCUT2D eigenvalue weighted by atomic mass is 19.1. The highest BCUT2D eigenvalue weighted by Gasteiger charge is 2.27. The lowest BCUT2D eigenvalue weighted by Gasteiger charge is -2.34. The van der Waals surface area contributed by atoms with E-state index in [2.05, 4.69) is 0 Å². The molecular weight excluding hydrogens is 323 g/mol. The van der Waals surface area contributed by atoms with Crippen molar-refractivity contribution >= 4 is 5.97 Å². The molecule has 0 aromatic heterocycles. The molecule has 0 unspecified atom stereocenters. The van der Waals surface area contributed by atoms with Gasteiger partial charge in [0.05, 0.1) is 12.1 Å². The third-order valence-corrected chi connectivity index (χ3v) is 4.03. The summed E-state index contributed by atoms with van der Waals surface area (Å²) in [6.07, 6.45) is 1.56. The topological polar surface area (TPSA) is 62.6 Å². The lowest BCUT2D eigenvalue weighted by Crippen LogP contribution is -2.43. The SMILES string of the molecule is CC(C)(C)OC(=O)CN(Cc1cccc(C#N)c1F)C1CCOCC1. The fraction of sp³-hybridized carbons (Fsp3) is 0.579. The highest BCUT2D eigenvalue weighted by molar-refractivity contribution is 5.72. The minimum Gasteiger partial charge on any atom is -0.459 e. The zero-order valence-electron chi connectivity index (χ0n) is 15.0. The first-order valence-corrected chi connectivity index (χ1v) is 8.51. The van der Waals surface area contributed by atoms with Crippen LogP contribution in [0.1, 0.15) is 44.7 Å². The maximum Gasteiger partial charge on any atom is 0.320 e. The molecule has 0 amide bonds. The van der Waals surface area contributed by atoms with Gasteiger partial charge in [0.2, 0.25) is 0 Å². The Morgan fingerprint density at radius 3 is 2.68 bits per heavy atom. The van der Waals surface area contributed by atoms with Crippen LogP contribution in [0.15, 0.2) is 18.2 Å². The normalized spacial score (nSPS) is 15.8. The van der Waals surface area contributed by atoms with E-state index < -0.39 is 11.4 Å². The second-order valence-corrected chi connectivity index (χ2v) is 7.23. The molecule has 25 heavy (non-hydrogen) atoms. The first-order chi connectivity index (χ1) is 11.8. The molecule has 0 N–H and O–H groups in total. The van der Waals surface area contributed by atoms with Crippen molar-refractivity contribution in [1.29, 1.82) is 5.26 Å². The maximum absolute atomic E-state index is 14.4. The predicted molar refractivity (Wildman–Crippen MR) is 91.2 cm³/mol. The van der Waals surface area contributed by atoms with Gasteiger partial charge in [0.25, 0.3) is 0 Å². The van der Waals surface area contributed by atoms with E-state index in [9.17, 15) is 9.18 Å². The Bertz CT molecular complexity index is 643. The second kappa shape index (κ2) is 8.41. The fourth-order valence-electron chi connectivity index (χ4n) is 2.91. The van der Waals surface area contributed by atoms with Crippen LogP contribution in [-0.2, 0) is 20.8 Å². The zero-order chi connectivity index (χ0) is 18.4. The van der Waals surface area contributed by atoms with E-state index in [0.29, 0.717) is 18.8 Å². The summed E-state index contributed by atoms with van der Waals surface area (Å²) in [5, 5.41) is 9.00. The van der Waals surface area contributed by atoms with Crippen LogP contribution in [0.25, 0.3) is 0 Å². The molecule has 2 rings (SSSR count). The molecule has 1 aromatic carbocycles. The Morgan fingerprint density at radius 2 is 2.08 bits per heavy atom. The number of carbonyl (C=O) groups is 1. The van der Waals surface area contributed by atoms with Crippen molar-refractivity contribution in [1.82, 2.24) is 4.90 Å². The summed E-state index contributed by atoms with van der Waals surface area (Å²) >= 11 is 0. The van der Waals surface area contributed by atoms with Gasteiger partial charge in [-0.2, -0.15) is 5.26 Å². The van der Waals surface area contributed by atoms with Crippen molar-refractivity contribution in [2.75, 3.05) is 19.8 Å². The maximum atomic E-state index is 14.4. The van der Waals surface area contributed by atoms with E-state index in [0.717, 1.165) is 12.8 Å². The molecule has 1 aliphatic heterocycles. The minimum atomic E-state index is -0.565. The first kappa shape index (κ1) is 19.4. The molecule has 1 aromatic rings. The molecule has 0 bridgehead atoms. The Balaban J connectivity index is 2.17. The van der Waals surface area contributed by atoms with Gasteiger partial charge in [-0.25, -0.2) is 4.39 Å². The van der Waals surface area contributed by atoms with Crippen LogP contribution in [-0.4, -0.2) is 42.3 Å². The van der Waals surface area contributed by atoms with Crippen molar-refractivity contribution in [2.24, 2.45) is 0 Å². The van der Waals surface area contributed by atoms with Crippen molar-refractivity contribution in [3.63, 3.8) is 0 Å².